The number of nitrogens with one attached hydrogen (secondary N) is 1. The Morgan fingerprint density at radius 1 is 1.04 bits per heavy atom. The van der Waals surface area contributed by atoms with Crippen LogP contribution in [0.2, 0.25) is 0 Å². The second-order valence-corrected chi connectivity index (χ2v) is 8.52. The van der Waals surface area contributed by atoms with Gasteiger partial charge in [0.1, 0.15) is 5.71 Å². The average Bonchev–Trinajstić information content (AvgIpc) is 2.57. The Morgan fingerprint density at radius 3 is 2.27 bits per heavy atom. The zero-order valence-corrected chi connectivity index (χ0v) is 17.4. The number of benzene rings is 1. The molecular weight excluding hydrogens is 318 g/mol. The van der Waals surface area contributed by atoms with E-state index in [0.717, 1.165) is 17.0 Å². The molecular formula is C23H31N3. The number of hydrogen-bond donors (Lipinski definition) is 1. The third kappa shape index (κ3) is 2.56. The molecule has 1 heterocycles. The van der Waals surface area contributed by atoms with Crippen LogP contribution in [0, 0.1) is 0 Å². The molecule has 1 aliphatic heterocycles. The molecule has 0 spiro atoms. The number of nitrogens with zero attached hydrogens (tertiary/aromatic N) is 2. The molecule has 0 atom stereocenters. The summed E-state index contributed by atoms with van der Waals surface area (Å²) in [4.78, 5) is 5.24. The van der Waals surface area contributed by atoms with Crippen LogP contribution in [0.15, 0.2) is 46.0 Å². The van der Waals surface area contributed by atoms with Gasteiger partial charge in [0.05, 0.1) is 11.3 Å². The first-order valence-corrected chi connectivity index (χ1v) is 9.56. The largest absolute Gasteiger partial charge is 0.307 e. The molecule has 0 bridgehead atoms. The van der Waals surface area contributed by atoms with Gasteiger partial charge in [-0.2, -0.15) is 5.10 Å². The third-order valence-corrected chi connectivity index (χ3v) is 5.97. The maximum atomic E-state index is 5.24. The lowest BCUT2D eigenvalue weighted by Crippen LogP contribution is -2.48. The molecule has 0 unspecified atom stereocenters. The molecule has 0 fully saturated rings. The van der Waals surface area contributed by atoms with Gasteiger partial charge in [-0.3, -0.25) is 4.99 Å². The van der Waals surface area contributed by atoms with E-state index in [1.165, 1.54) is 22.3 Å². The highest BCUT2D eigenvalue weighted by Gasteiger charge is 2.47. The van der Waals surface area contributed by atoms with E-state index in [0.29, 0.717) is 0 Å². The second kappa shape index (κ2) is 6.22. The van der Waals surface area contributed by atoms with Crippen LogP contribution in [-0.2, 0) is 5.41 Å². The highest BCUT2D eigenvalue weighted by atomic mass is 15.3. The van der Waals surface area contributed by atoms with Crippen molar-refractivity contribution < 1.29 is 0 Å². The minimum atomic E-state index is -0.209. The monoisotopic (exact) mass is 349 g/mol. The maximum absolute atomic E-state index is 5.24. The maximum Gasteiger partial charge on any atom is 0.116 e. The van der Waals surface area contributed by atoms with Gasteiger partial charge in [-0.25, -0.2) is 0 Å². The van der Waals surface area contributed by atoms with Crippen LogP contribution in [0.3, 0.4) is 0 Å². The molecule has 0 saturated carbocycles. The molecule has 0 radical (unpaired) electrons. The Kier molecular flexibility index (Phi) is 4.46. The van der Waals surface area contributed by atoms with E-state index >= 15 is 0 Å². The smallest absolute Gasteiger partial charge is 0.116 e. The van der Waals surface area contributed by atoms with Gasteiger partial charge in [-0.05, 0) is 58.2 Å². The van der Waals surface area contributed by atoms with Crippen molar-refractivity contribution in [2.24, 2.45) is 10.1 Å². The van der Waals surface area contributed by atoms with E-state index in [1.54, 1.807) is 0 Å². The Balaban J connectivity index is 2.41. The first-order valence-electron chi connectivity index (χ1n) is 9.56. The van der Waals surface area contributed by atoms with Crippen molar-refractivity contribution in [3.05, 3.63) is 52.6 Å². The Hall–Kier alpha value is -2.16. The van der Waals surface area contributed by atoms with E-state index < -0.39 is 0 Å². The van der Waals surface area contributed by atoms with Crippen molar-refractivity contribution >= 4 is 17.0 Å². The summed E-state index contributed by atoms with van der Waals surface area (Å²) in [7, 11) is 0. The Bertz CT molecular complexity index is 861. The van der Waals surface area contributed by atoms with Crippen molar-refractivity contribution in [3.8, 4) is 0 Å². The quantitative estimate of drug-likeness (QED) is 0.726. The summed E-state index contributed by atoms with van der Waals surface area (Å²) < 4.78 is 0. The molecule has 26 heavy (non-hydrogen) atoms. The number of allylic oxidation sites excluding steroid dienone is 4. The summed E-state index contributed by atoms with van der Waals surface area (Å²) in [6, 6.07) is 6.94. The first-order chi connectivity index (χ1) is 12.2. The fourth-order valence-electron chi connectivity index (χ4n) is 3.84. The Morgan fingerprint density at radius 2 is 1.69 bits per heavy atom. The summed E-state index contributed by atoms with van der Waals surface area (Å²) in [5, 5.41) is 4.80. The molecule has 3 nitrogen and oxygen atoms in total. The molecule has 1 aromatic carbocycles. The number of aliphatic imine (C=N–C) groups is 1. The summed E-state index contributed by atoms with van der Waals surface area (Å²) >= 11 is 0. The van der Waals surface area contributed by atoms with Gasteiger partial charge in [-0.1, -0.05) is 44.2 Å². The summed E-state index contributed by atoms with van der Waals surface area (Å²) in [6.07, 6.45) is 4.35. The first kappa shape index (κ1) is 18.6. The van der Waals surface area contributed by atoms with Crippen molar-refractivity contribution in [1.82, 2.24) is 5.43 Å². The van der Waals surface area contributed by atoms with Gasteiger partial charge >= 0.3 is 0 Å². The fraction of sp³-hybridized carbons (Fsp3) is 0.478. The SMILES string of the molecule is C\C=C1C(=C\C)/C(=N/NC(C)C)C2=NC(C)(C)C(C)(C)c3cccc/1c32. The highest BCUT2D eigenvalue weighted by molar-refractivity contribution is 6.59. The molecule has 138 valence electrons. The fourth-order valence-corrected chi connectivity index (χ4v) is 3.84. The average molecular weight is 350 g/mol. The molecule has 1 aromatic rings. The van der Waals surface area contributed by atoms with Gasteiger partial charge in [0.15, 0.2) is 0 Å². The van der Waals surface area contributed by atoms with Crippen molar-refractivity contribution in [1.29, 1.82) is 0 Å². The van der Waals surface area contributed by atoms with E-state index in [2.05, 4.69) is 91.2 Å². The minimum Gasteiger partial charge on any atom is -0.307 e. The van der Waals surface area contributed by atoms with Crippen LogP contribution in [0.5, 0.6) is 0 Å². The van der Waals surface area contributed by atoms with Gasteiger partial charge < -0.3 is 5.43 Å². The normalized spacial score (nSPS) is 24.8. The van der Waals surface area contributed by atoms with Crippen LogP contribution >= 0.6 is 0 Å². The predicted molar refractivity (Wildman–Crippen MR) is 113 cm³/mol. The number of hydrazone groups is 1. The highest BCUT2D eigenvalue weighted by Crippen LogP contribution is 2.48. The number of rotatable bonds is 2. The van der Waals surface area contributed by atoms with Crippen molar-refractivity contribution in [2.75, 3.05) is 0 Å². The second-order valence-electron chi connectivity index (χ2n) is 8.52. The van der Waals surface area contributed by atoms with Gasteiger partial charge in [0.2, 0.25) is 0 Å². The number of hydrogen-bond acceptors (Lipinski definition) is 3. The van der Waals surface area contributed by atoms with Crippen LogP contribution in [-0.4, -0.2) is 23.0 Å². The molecule has 2 aliphatic rings. The summed E-state index contributed by atoms with van der Waals surface area (Å²) in [5.74, 6) is 0. The van der Waals surface area contributed by atoms with Crippen molar-refractivity contribution in [3.63, 3.8) is 0 Å². The van der Waals surface area contributed by atoms with Gasteiger partial charge in [0.25, 0.3) is 0 Å². The van der Waals surface area contributed by atoms with E-state index in [1.807, 2.05) is 0 Å². The van der Waals surface area contributed by atoms with Crippen LogP contribution in [0.1, 0.15) is 72.1 Å². The molecule has 3 heteroatoms. The van der Waals surface area contributed by atoms with Crippen LogP contribution in [0.4, 0.5) is 0 Å². The summed E-state index contributed by atoms with van der Waals surface area (Å²) in [6.45, 7) is 17.4. The van der Waals surface area contributed by atoms with E-state index in [-0.39, 0.29) is 17.0 Å². The molecule has 0 aromatic heterocycles. The van der Waals surface area contributed by atoms with Gasteiger partial charge in [0, 0.05) is 22.6 Å². The van der Waals surface area contributed by atoms with Gasteiger partial charge in [-0.15, -0.1) is 0 Å². The zero-order chi connectivity index (χ0) is 19.3. The summed E-state index contributed by atoms with van der Waals surface area (Å²) in [5.41, 5.74) is 11.2. The predicted octanol–water partition coefficient (Wildman–Crippen LogP) is 5.26. The third-order valence-electron chi connectivity index (χ3n) is 5.97. The van der Waals surface area contributed by atoms with Crippen LogP contribution < -0.4 is 5.43 Å². The molecule has 1 N–H and O–H groups in total. The lowest BCUT2D eigenvalue weighted by Gasteiger charge is -2.46. The lowest BCUT2D eigenvalue weighted by atomic mass is 9.63. The van der Waals surface area contributed by atoms with E-state index in [9.17, 15) is 0 Å². The molecule has 1 aliphatic carbocycles. The Labute approximate surface area is 158 Å². The molecule has 0 amide bonds. The lowest BCUT2D eigenvalue weighted by molar-refractivity contribution is 0.304. The zero-order valence-electron chi connectivity index (χ0n) is 17.4. The molecule has 3 rings (SSSR count). The minimum absolute atomic E-state index is 0.0509. The topological polar surface area (TPSA) is 36.8 Å². The van der Waals surface area contributed by atoms with E-state index in [4.69, 9.17) is 10.1 Å². The van der Waals surface area contributed by atoms with Crippen molar-refractivity contribution in [2.45, 2.75) is 72.4 Å². The van der Waals surface area contributed by atoms with Crippen LogP contribution in [0.25, 0.3) is 5.57 Å². The standard InChI is InChI=1S/C23H31N3/c1-9-15-16(10-2)20(26-25-14(3)4)21-19-17(15)12-11-13-18(19)22(5,6)23(7,8)24-21/h9-14,25H,1-8H3/b15-9+,16-10+,26-20-. The molecule has 0 saturated heterocycles.